The minimum Gasteiger partial charge on any atom is -0.440 e. The predicted molar refractivity (Wildman–Crippen MR) is 88.3 cm³/mol. The van der Waals surface area contributed by atoms with Crippen LogP contribution in [-0.2, 0) is 0 Å². The highest BCUT2D eigenvalue weighted by Crippen LogP contribution is 2.29. The average molecular weight is 324 g/mol. The van der Waals surface area contributed by atoms with Crippen molar-refractivity contribution < 1.29 is 13.6 Å². The summed E-state index contributed by atoms with van der Waals surface area (Å²) in [5.74, 6) is -0.0514. The van der Waals surface area contributed by atoms with Crippen LogP contribution in [0.5, 0.6) is 0 Å². The molecule has 3 aromatic rings. The first-order valence-electron chi connectivity index (χ1n) is 8.11. The van der Waals surface area contributed by atoms with Crippen LogP contribution in [0.15, 0.2) is 52.9 Å². The Morgan fingerprint density at radius 1 is 1.17 bits per heavy atom. The highest BCUT2D eigenvalue weighted by atomic mass is 19.1. The number of hydrogen-bond donors (Lipinski definition) is 0. The number of benzene rings is 2. The van der Waals surface area contributed by atoms with Gasteiger partial charge in [-0.3, -0.25) is 4.79 Å². The van der Waals surface area contributed by atoms with Gasteiger partial charge in [-0.25, -0.2) is 9.37 Å². The molecule has 1 saturated heterocycles. The van der Waals surface area contributed by atoms with Crippen molar-refractivity contribution in [1.82, 2.24) is 9.88 Å². The van der Waals surface area contributed by atoms with Crippen LogP contribution in [0.1, 0.15) is 35.0 Å². The fourth-order valence-corrected chi connectivity index (χ4v) is 3.23. The lowest BCUT2D eigenvalue weighted by Gasteiger charge is -2.31. The molecule has 0 unspecified atom stereocenters. The first-order valence-corrected chi connectivity index (χ1v) is 8.11. The average Bonchev–Trinajstić information content (AvgIpc) is 3.06. The SMILES string of the molecule is O=C(c1ccccc1F)N1CCC[C@H](c2nc3ccccc3o2)C1. The molecule has 1 atom stereocenters. The van der Waals surface area contributed by atoms with Gasteiger partial charge in [-0.2, -0.15) is 0 Å². The smallest absolute Gasteiger partial charge is 0.256 e. The Kier molecular flexibility index (Phi) is 3.76. The van der Waals surface area contributed by atoms with Crippen molar-refractivity contribution in [2.75, 3.05) is 13.1 Å². The van der Waals surface area contributed by atoms with Gasteiger partial charge in [-0.1, -0.05) is 24.3 Å². The van der Waals surface area contributed by atoms with Crippen LogP contribution in [0.2, 0.25) is 0 Å². The Bertz CT molecular complexity index is 857. The lowest BCUT2D eigenvalue weighted by Crippen LogP contribution is -2.39. The van der Waals surface area contributed by atoms with E-state index in [-0.39, 0.29) is 17.4 Å². The van der Waals surface area contributed by atoms with E-state index in [0.717, 1.165) is 23.9 Å². The minimum absolute atomic E-state index is 0.0434. The van der Waals surface area contributed by atoms with E-state index in [1.807, 2.05) is 24.3 Å². The largest absolute Gasteiger partial charge is 0.440 e. The third-order valence-electron chi connectivity index (χ3n) is 4.47. The van der Waals surface area contributed by atoms with Crippen LogP contribution < -0.4 is 0 Å². The summed E-state index contributed by atoms with van der Waals surface area (Å²) in [5.41, 5.74) is 1.70. The summed E-state index contributed by atoms with van der Waals surface area (Å²) in [7, 11) is 0. The maximum atomic E-state index is 13.9. The number of likely N-dealkylation sites (tertiary alicyclic amines) is 1. The van der Waals surface area contributed by atoms with Gasteiger partial charge < -0.3 is 9.32 Å². The fourth-order valence-electron chi connectivity index (χ4n) is 3.23. The van der Waals surface area contributed by atoms with Crippen molar-refractivity contribution in [3.63, 3.8) is 0 Å². The monoisotopic (exact) mass is 324 g/mol. The molecule has 1 aliphatic rings. The lowest BCUT2D eigenvalue weighted by molar-refractivity contribution is 0.0694. The molecule has 24 heavy (non-hydrogen) atoms. The minimum atomic E-state index is -0.480. The Balaban J connectivity index is 1.57. The number of amides is 1. The number of oxazole rings is 1. The highest BCUT2D eigenvalue weighted by Gasteiger charge is 2.29. The van der Waals surface area contributed by atoms with Crippen molar-refractivity contribution in [1.29, 1.82) is 0 Å². The van der Waals surface area contributed by atoms with Crippen LogP contribution in [-0.4, -0.2) is 28.9 Å². The predicted octanol–water partition coefficient (Wildman–Crippen LogP) is 3.99. The van der Waals surface area contributed by atoms with Crippen molar-refractivity contribution in [2.24, 2.45) is 0 Å². The van der Waals surface area contributed by atoms with Gasteiger partial charge in [-0.15, -0.1) is 0 Å². The van der Waals surface area contributed by atoms with Gasteiger partial charge in [0.2, 0.25) is 0 Å². The first kappa shape index (κ1) is 14.9. The zero-order valence-corrected chi connectivity index (χ0v) is 13.1. The molecular formula is C19H17FN2O2. The molecule has 1 amide bonds. The number of nitrogens with zero attached hydrogens (tertiary/aromatic N) is 2. The number of carbonyl (C=O) groups is 1. The molecule has 0 N–H and O–H groups in total. The van der Waals surface area contributed by atoms with Gasteiger partial charge in [0.05, 0.1) is 11.5 Å². The number of hydrogen-bond acceptors (Lipinski definition) is 3. The Hall–Kier alpha value is -2.69. The van der Waals surface area contributed by atoms with E-state index in [9.17, 15) is 9.18 Å². The lowest BCUT2D eigenvalue weighted by atomic mass is 9.97. The number of piperidine rings is 1. The molecule has 1 aromatic heterocycles. The maximum absolute atomic E-state index is 13.9. The summed E-state index contributed by atoms with van der Waals surface area (Å²) in [6.07, 6.45) is 1.76. The summed E-state index contributed by atoms with van der Waals surface area (Å²) >= 11 is 0. The van der Waals surface area contributed by atoms with Crippen molar-refractivity contribution in [2.45, 2.75) is 18.8 Å². The molecule has 5 heteroatoms. The van der Waals surface area contributed by atoms with E-state index in [1.165, 1.54) is 12.1 Å². The van der Waals surface area contributed by atoms with Crippen LogP contribution >= 0.6 is 0 Å². The third kappa shape index (κ3) is 2.66. The molecule has 1 fully saturated rings. The summed E-state index contributed by atoms with van der Waals surface area (Å²) in [6, 6.07) is 13.7. The third-order valence-corrected chi connectivity index (χ3v) is 4.47. The van der Waals surface area contributed by atoms with Gasteiger partial charge in [0.1, 0.15) is 11.3 Å². The zero-order chi connectivity index (χ0) is 16.5. The maximum Gasteiger partial charge on any atom is 0.256 e. The van der Waals surface area contributed by atoms with E-state index >= 15 is 0 Å². The quantitative estimate of drug-likeness (QED) is 0.716. The summed E-state index contributed by atoms with van der Waals surface area (Å²) in [5, 5.41) is 0. The Labute approximate surface area is 138 Å². The Morgan fingerprint density at radius 2 is 1.96 bits per heavy atom. The van der Waals surface area contributed by atoms with Gasteiger partial charge >= 0.3 is 0 Å². The topological polar surface area (TPSA) is 46.3 Å². The molecule has 122 valence electrons. The normalized spacial score (nSPS) is 18.0. The summed E-state index contributed by atoms with van der Waals surface area (Å²) in [4.78, 5) is 18.8. The number of fused-ring (bicyclic) bond motifs is 1. The fraction of sp³-hybridized carbons (Fsp3) is 0.263. The number of rotatable bonds is 2. The molecular weight excluding hydrogens is 307 g/mol. The zero-order valence-electron chi connectivity index (χ0n) is 13.1. The molecule has 1 aliphatic heterocycles. The second-order valence-electron chi connectivity index (χ2n) is 6.09. The molecule has 4 rings (SSSR count). The van der Waals surface area contributed by atoms with Crippen LogP contribution in [0.4, 0.5) is 4.39 Å². The molecule has 0 aliphatic carbocycles. The van der Waals surface area contributed by atoms with Crippen molar-refractivity contribution in [3.05, 3.63) is 65.8 Å². The molecule has 2 aromatic carbocycles. The van der Waals surface area contributed by atoms with Gasteiger partial charge in [0.15, 0.2) is 11.5 Å². The van der Waals surface area contributed by atoms with Gasteiger partial charge in [0, 0.05) is 13.1 Å². The van der Waals surface area contributed by atoms with Crippen molar-refractivity contribution >= 4 is 17.0 Å². The number of halogens is 1. The second-order valence-corrected chi connectivity index (χ2v) is 6.09. The summed E-state index contributed by atoms with van der Waals surface area (Å²) in [6.45, 7) is 1.13. The van der Waals surface area contributed by atoms with Crippen molar-refractivity contribution in [3.8, 4) is 0 Å². The standard InChI is InChI=1S/C19H17FN2O2/c20-15-8-2-1-7-14(15)19(23)22-11-5-6-13(12-22)18-21-16-9-3-4-10-17(16)24-18/h1-4,7-10,13H,5-6,11-12H2/t13-/m0/s1. The first-order chi connectivity index (χ1) is 11.7. The van der Waals surface area contributed by atoms with E-state index in [0.29, 0.717) is 19.0 Å². The molecule has 2 heterocycles. The van der Waals surface area contributed by atoms with Crippen LogP contribution in [0.3, 0.4) is 0 Å². The van der Waals surface area contributed by atoms with Crippen LogP contribution in [0.25, 0.3) is 11.1 Å². The molecule has 0 radical (unpaired) electrons. The van der Waals surface area contributed by atoms with E-state index < -0.39 is 5.82 Å². The second kappa shape index (κ2) is 6.07. The molecule has 4 nitrogen and oxygen atoms in total. The molecule has 0 spiro atoms. The molecule has 0 bridgehead atoms. The van der Waals surface area contributed by atoms with E-state index in [1.54, 1.807) is 17.0 Å². The number of para-hydroxylation sites is 2. The summed E-state index contributed by atoms with van der Waals surface area (Å²) < 4.78 is 19.7. The van der Waals surface area contributed by atoms with E-state index in [2.05, 4.69) is 4.98 Å². The van der Waals surface area contributed by atoms with Gasteiger partial charge in [0.25, 0.3) is 5.91 Å². The molecule has 0 saturated carbocycles. The Morgan fingerprint density at radius 3 is 2.79 bits per heavy atom. The van der Waals surface area contributed by atoms with Crippen LogP contribution in [0, 0.1) is 5.82 Å². The number of carbonyl (C=O) groups excluding carboxylic acids is 1. The highest BCUT2D eigenvalue weighted by molar-refractivity contribution is 5.94. The van der Waals surface area contributed by atoms with Gasteiger partial charge in [-0.05, 0) is 37.1 Å². The van der Waals surface area contributed by atoms with E-state index in [4.69, 9.17) is 4.42 Å². The number of aromatic nitrogens is 1.